The van der Waals surface area contributed by atoms with E-state index in [1.165, 1.54) is 0 Å². The monoisotopic (exact) mass is 1360 g/mol. The zero-order valence-corrected chi connectivity index (χ0v) is 65.3. The van der Waals surface area contributed by atoms with E-state index < -0.39 is 0 Å². The topological polar surface area (TPSA) is 230 Å². The lowest BCUT2D eigenvalue weighted by Crippen LogP contribution is -2.59. The van der Waals surface area contributed by atoms with Crippen molar-refractivity contribution in [3.63, 3.8) is 0 Å². The van der Waals surface area contributed by atoms with Gasteiger partial charge in [-0.25, -0.2) is 0 Å². The summed E-state index contributed by atoms with van der Waals surface area (Å²) in [6, 6.07) is 2.05. The minimum absolute atomic E-state index is 0.000484. The molecule has 0 saturated carbocycles. The van der Waals surface area contributed by atoms with E-state index in [0.717, 1.165) is 116 Å². The van der Waals surface area contributed by atoms with Gasteiger partial charge in [-0.3, -0.25) is 28.8 Å². The minimum atomic E-state index is -0.303. The number of nitrogens with one attached hydrogen (secondary N) is 6. The smallest absolute Gasteiger partial charge is 0.306 e. The molecule has 6 rings (SSSR count). The number of rotatable bonds is 27. The molecule has 0 aromatic rings. The minimum Gasteiger partial charge on any atom is -0.462 e. The van der Waals surface area contributed by atoms with Crippen LogP contribution in [-0.2, 0) is 57.2 Å². The lowest BCUT2D eigenvalue weighted by molar-refractivity contribution is -0.159. The van der Waals surface area contributed by atoms with Gasteiger partial charge in [-0.1, -0.05) is 109 Å². The highest BCUT2D eigenvalue weighted by atomic mass is 16.6. The SMILES string of the molecule is CC(C)C1CC(OC(=O)CCC(=O)OC2CC(C(C)C)NC(C(C)C)C2)CC(C(C)C)N1.CC(C)C1CC(OC(=O)CCC(=O)OC2CC(C(C)C)NC(C)(C)C2)CC(C)(C)N1.CC1(C)CC(OC(=O)CCCCCCCCC(=O)OC2CC(C)(C)NC(C)(C)C2)CC(C)(C)N1. The molecule has 18 nitrogen and oxygen atoms in total. The number of unbranched alkanes of at least 4 members (excludes halogenated alkanes) is 5. The van der Waals surface area contributed by atoms with E-state index in [1.54, 1.807) is 0 Å². The largest absolute Gasteiger partial charge is 0.462 e. The summed E-state index contributed by atoms with van der Waals surface area (Å²) in [5.74, 6) is 1.60. The number of carbonyl (C=O) groups excluding carboxylic acids is 6. The van der Waals surface area contributed by atoms with E-state index in [4.69, 9.17) is 28.4 Å². The van der Waals surface area contributed by atoms with Gasteiger partial charge in [0.25, 0.3) is 0 Å². The highest BCUT2D eigenvalue weighted by Crippen LogP contribution is 2.35. The van der Waals surface area contributed by atoms with Crippen molar-refractivity contribution in [2.75, 3.05) is 0 Å². The van der Waals surface area contributed by atoms with Gasteiger partial charge in [-0.2, -0.15) is 0 Å². The van der Waals surface area contributed by atoms with Gasteiger partial charge in [0.1, 0.15) is 36.6 Å². The van der Waals surface area contributed by atoms with Crippen molar-refractivity contribution >= 4 is 35.8 Å². The molecule has 6 heterocycles. The lowest BCUT2D eigenvalue weighted by atomic mass is 9.81. The Bertz CT molecular complexity index is 2180. The third-order valence-corrected chi connectivity index (χ3v) is 20.6. The third kappa shape index (κ3) is 32.5. The van der Waals surface area contributed by atoms with Crippen LogP contribution in [0.25, 0.3) is 0 Å². The van der Waals surface area contributed by atoms with Crippen LogP contribution < -0.4 is 31.9 Å². The zero-order chi connectivity index (χ0) is 72.3. The second kappa shape index (κ2) is 38.0. The number of hydrogen-bond acceptors (Lipinski definition) is 18. The van der Waals surface area contributed by atoms with Gasteiger partial charge < -0.3 is 60.3 Å². The maximum atomic E-state index is 12.5. The highest BCUT2D eigenvalue weighted by molar-refractivity contribution is 5.78. The van der Waals surface area contributed by atoms with Gasteiger partial charge >= 0.3 is 35.8 Å². The predicted molar refractivity (Wildman–Crippen MR) is 385 cm³/mol. The molecule has 96 heavy (non-hydrogen) atoms. The lowest BCUT2D eigenvalue weighted by Gasteiger charge is -2.46. The van der Waals surface area contributed by atoms with E-state index in [-0.39, 0.29) is 131 Å². The zero-order valence-electron chi connectivity index (χ0n) is 65.3. The van der Waals surface area contributed by atoms with Crippen molar-refractivity contribution in [3.05, 3.63) is 0 Å². The molecule has 8 atom stereocenters. The Morgan fingerprint density at radius 2 is 0.469 bits per heavy atom. The molecule has 8 unspecified atom stereocenters. The average Bonchev–Trinajstić information content (AvgIpc) is 0.839. The van der Waals surface area contributed by atoms with Gasteiger partial charge in [0, 0.05) is 159 Å². The van der Waals surface area contributed by atoms with Crippen LogP contribution in [0.5, 0.6) is 0 Å². The van der Waals surface area contributed by atoms with Crippen LogP contribution in [0.3, 0.4) is 0 Å². The van der Waals surface area contributed by atoms with E-state index >= 15 is 0 Å². The van der Waals surface area contributed by atoms with Gasteiger partial charge in [0.15, 0.2) is 0 Å². The summed E-state index contributed by atoms with van der Waals surface area (Å²) in [4.78, 5) is 74.3. The first-order chi connectivity index (χ1) is 44.3. The summed E-state index contributed by atoms with van der Waals surface area (Å²) in [7, 11) is 0. The Kier molecular flexibility index (Phi) is 33.7. The molecule has 0 aromatic heterocycles. The molecule has 0 aliphatic carbocycles. The number of piperidine rings is 6. The summed E-state index contributed by atoms with van der Waals surface area (Å²) in [6.07, 6.45) is 16.9. The van der Waals surface area contributed by atoms with Crippen LogP contribution in [0.2, 0.25) is 0 Å². The molecule has 6 aliphatic rings. The second-order valence-corrected chi connectivity index (χ2v) is 36.2. The Balaban J connectivity index is 0.000000307. The maximum absolute atomic E-state index is 12.5. The Morgan fingerprint density at radius 1 is 0.271 bits per heavy atom. The molecular weight excluding hydrogens is 1210 g/mol. The van der Waals surface area contributed by atoms with Crippen molar-refractivity contribution < 1.29 is 57.2 Å². The van der Waals surface area contributed by atoms with Crippen LogP contribution >= 0.6 is 0 Å². The molecule has 0 aromatic carbocycles. The molecule has 0 amide bonds. The normalized spacial score (nSPS) is 28.6. The molecule has 6 N–H and O–H groups in total. The molecule has 0 radical (unpaired) electrons. The second-order valence-electron chi connectivity index (χ2n) is 36.2. The highest BCUT2D eigenvalue weighted by Gasteiger charge is 2.43. The predicted octanol–water partition coefficient (Wildman–Crippen LogP) is 14.2. The van der Waals surface area contributed by atoms with Crippen molar-refractivity contribution in [1.82, 2.24) is 31.9 Å². The van der Waals surface area contributed by atoms with Crippen LogP contribution in [0.1, 0.15) is 320 Å². The summed E-state index contributed by atoms with van der Waals surface area (Å²) >= 11 is 0. The van der Waals surface area contributed by atoms with Crippen LogP contribution in [0.4, 0.5) is 0 Å². The molecule has 0 bridgehead atoms. The molecular formula is C78H144N6O12. The van der Waals surface area contributed by atoms with Crippen molar-refractivity contribution in [1.29, 1.82) is 0 Å². The summed E-state index contributed by atoms with van der Waals surface area (Å²) < 4.78 is 34.6. The fourth-order valence-electron chi connectivity index (χ4n) is 16.1. The Hall–Kier alpha value is -3.42. The van der Waals surface area contributed by atoms with Crippen LogP contribution in [0.15, 0.2) is 0 Å². The summed E-state index contributed by atoms with van der Waals surface area (Å²) in [6.45, 7) is 52.2. The first kappa shape index (κ1) is 85.0. The Labute approximate surface area is 584 Å². The number of carbonyl (C=O) groups is 6. The summed E-state index contributed by atoms with van der Waals surface area (Å²) in [5.41, 5.74) is -0.183. The fourth-order valence-corrected chi connectivity index (χ4v) is 16.1. The fraction of sp³-hybridized carbons (Fsp3) is 0.923. The number of hydrogen-bond donors (Lipinski definition) is 6. The van der Waals surface area contributed by atoms with E-state index in [0.29, 0.717) is 84.6 Å². The number of ether oxygens (including phenoxy) is 6. The van der Waals surface area contributed by atoms with E-state index in [9.17, 15) is 28.8 Å². The Morgan fingerprint density at radius 3 is 0.719 bits per heavy atom. The van der Waals surface area contributed by atoms with E-state index in [2.05, 4.69) is 198 Å². The average molecular weight is 1360 g/mol. The van der Waals surface area contributed by atoms with Gasteiger partial charge in [-0.05, 0) is 131 Å². The first-order valence-corrected chi connectivity index (χ1v) is 38.1. The van der Waals surface area contributed by atoms with Gasteiger partial charge in [0.2, 0.25) is 0 Å². The number of esters is 6. The van der Waals surface area contributed by atoms with Crippen molar-refractivity contribution in [2.45, 2.75) is 426 Å². The standard InChI is InChI=1S/C28H52N2O4.C26H48N2O4.C24H44N2O4/c1-25(2)17-21(18-26(3,4)29-25)33-23(31)15-13-11-9-10-12-14-16-24(32)34-22-19-27(5,6)30-28(7,8)20-22;1-15(2)21-11-19(12-22(27-21)16(3)4)31-25(29)9-10-26(30)32-20-13-23(17(5)6)28-24(14-20)18(7)8;1-15(2)19-11-17(13-23(5,6)25-19)29-21(27)9-10-22(28)30-18-12-20(16(3)4)26-24(7,8)14-18/h21-22,29-30H,9-20H2,1-8H3;15-24,27-28H,9-14H2,1-8H3;15-20,25-26H,9-14H2,1-8H3. The van der Waals surface area contributed by atoms with Crippen molar-refractivity contribution in [3.8, 4) is 0 Å². The molecule has 6 saturated heterocycles. The summed E-state index contributed by atoms with van der Waals surface area (Å²) in [5, 5.41) is 21.9. The first-order valence-electron chi connectivity index (χ1n) is 38.1. The van der Waals surface area contributed by atoms with E-state index in [1.807, 2.05) is 0 Å². The van der Waals surface area contributed by atoms with Gasteiger partial charge in [-0.15, -0.1) is 0 Å². The van der Waals surface area contributed by atoms with Crippen LogP contribution in [-0.4, -0.2) is 142 Å². The van der Waals surface area contributed by atoms with Crippen molar-refractivity contribution in [2.24, 2.45) is 35.5 Å². The molecule has 18 heteroatoms. The quantitative estimate of drug-likeness (QED) is 0.0255. The molecule has 558 valence electrons. The van der Waals surface area contributed by atoms with Crippen LogP contribution in [0, 0.1) is 35.5 Å². The maximum Gasteiger partial charge on any atom is 0.306 e. The third-order valence-electron chi connectivity index (χ3n) is 20.6. The molecule has 6 aliphatic heterocycles. The molecule has 0 spiro atoms. The van der Waals surface area contributed by atoms with Gasteiger partial charge in [0.05, 0.1) is 25.7 Å². The molecule has 6 fully saturated rings.